The molecular weight excluding hydrogens is 419 g/mol. The van der Waals surface area contributed by atoms with Crippen molar-refractivity contribution >= 4 is 17.6 Å². The Balaban J connectivity index is 1.92. The maximum absolute atomic E-state index is 13.7. The second kappa shape index (κ2) is 9.40. The minimum atomic E-state index is -0.843. The maximum Gasteiger partial charge on any atom is 0.251 e. The Morgan fingerprint density at radius 3 is 2.45 bits per heavy atom. The summed E-state index contributed by atoms with van der Waals surface area (Å²) in [6, 6.07) is 14.9. The third-order valence-corrected chi connectivity index (χ3v) is 5.86. The van der Waals surface area contributed by atoms with Crippen molar-refractivity contribution in [1.82, 2.24) is 15.1 Å². The molecule has 2 amide bonds. The number of para-hydroxylation sites is 1. The number of anilines is 1. The average Bonchev–Trinajstić information content (AvgIpc) is 3.16. The summed E-state index contributed by atoms with van der Waals surface area (Å²) in [7, 11) is 0. The molecule has 1 unspecified atom stereocenters. The van der Waals surface area contributed by atoms with Crippen molar-refractivity contribution < 1.29 is 14.0 Å². The molecule has 7 heteroatoms. The van der Waals surface area contributed by atoms with E-state index in [1.54, 1.807) is 27.8 Å². The van der Waals surface area contributed by atoms with Gasteiger partial charge in [-0.3, -0.25) is 14.5 Å². The molecule has 0 saturated carbocycles. The second-order valence-corrected chi connectivity index (χ2v) is 7.98. The minimum absolute atomic E-state index is 0.227. The highest BCUT2D eigenvalue weighted by Crippen LogP contribution is 2.43. The van der Waals surface area contributed by atoms with E-state index in [9.17, 15) is 14.0 Å². The number of halogens is 1. The summed E-state index contributed by atoms with van der Waals surface area (Å²) in [6.45, 7) is 6.14. The van der Waals surface area contributed by atoms with Crippen molar-refractivity contribution in [2.24, 2.45) is 0 Å². The van der Waals surface area contributed by atoms with Gasteiger partial charge in [0.05, 0.1) is 11.4 Å². The molecule has 3 aromatic rings. The molecule has 0 bridgehead atoms. The van der Waals surface area contributed by atoms with E-state index >= 15 is 0 Å². The van der Waals surface area contributed by atoms with Crippen LogP contribution in [0.4, 0.5) is 10.2 Å². The lowest BCUT2D eigenvalue weighted by atomic mass is 9.81. The number of benzene rings is 2. The lowest BCUT2D eigenvalue weighted by molar-refractivity contribution is -0.126. The van der Waals surface area contributed by atoms with Gasteiger partial charge >= 0.3 is 0 Å². The van der Waals surface area contributed by atoms with Crippen molar-refractivity contribution in [1.29, 1.82) is 0 Å². The summed E-state index contributed by atoms with van der Waals surface area (Å²) in [5.74, 6) is -0.758. The quantitative estimate of drug-likeness (QED) is 0.575. The van der Waals surface area contributed by atoms with E-state index in [0.717, 1.165) is 22.5 Å². The molecule has 0 saturated heterocycles. The third-order valence-electron chi connectivity index (χ3n) is 5.86. The number of carbonyl (C=O) groups is 2. The van der Waals surface area contributed by atoms with E-state index in [-0.39, 0.29) is 17.6 Å². The number of nitrogens with one attached hydrogen (secondary N) is 1. The second-order valence-electron chi connectivity index (χ2n) is 7.98. The zero-order valence-corrected chi connectivity index (χ0v) is 19.0. The molecule has 6 nitrogen and oxygen atoms in total. The highest BCUT2D eigenvalue weighted by Gasteiger charge is 2.45. The first-order chi connectivity index (χ1) is 16.0. The van der Waals surface area contributed by atoms with Gasteiger partial charge in [-0.2, -0.15) is 5.10 Å². The number of hydrogen-bond acceptors (Lipinski definition) is 3. The van der Waals surface area contributed by atoms with Gasteiger partial charge in [0.1, 0.15) is 17.7 Å². The fourth-order valence-corrected chi connectivity index (χ4v) is 4.39. The van der Waals surface area contributed by atoms with Crippen LogP contribution in [0.2, 0.25) is 0 Å². The van der Waals surface area contributed by atoms with E-state index in [4.69, 9.17) is 5.10 Å². The van der Waals surface area contributed by atoms with Gasteiger partial charge < -0.3 is 5.32 Å². The Morgan fingerprint density at radius 1 is 1.12 bits per heavy atom. The molecule has 2 atom stereocenters. The predicted molar refractivity (Wildman–Crippen MR) is 126 cm³/mol. The van der Waals surface area contributed by atoms with Crippen molar-refractivity contribution in [3.8, 4) is 5.69 Å². The Labute approximate surface area is 192 Å². The van der Waals surface area contributed by atoms with Crippen LogP contribution in [-0.2, 0) is 9.59 Å². The lowest BCUT2D eigenvalue weighted by Crippen LogP contribution is -2.55. The van der Waals surface area contributed by atoms with Gasteiger partial charge in [-0.15, -0.1) is 0 Å². The average molecular weight is 447 g/mol. The topological polar surface area (TPSA) is 67.2 Å². The molecule has 170 valence electrons. The highest BCUT2D eigenvalue weighted by atomic mass is 19.1. The smallest absolute Gasteiger partial charge is 0.251 e. The number of nitrogens with zero attached hydrogens (tertiary/aromatic N) is 3. The van der Waals surface area contributed by atoms with Crippen LogP contribution >= 0.6 is 0 Å². The number of rotatable bonds is 6. The van der Waals surface area contributed by atoms with Crippen molar-refractivity contribution in [2.75, 3.05) is 11.4 Å². The summed E-state index contributed by atoms with van der Waals surface area (Å²) in [4.78, 5) is 28.0. The molecule has 0 aliphatic carbocycles. The molecule has 1 N–H and O–H groups in total. The van der Waals surface area contributed by atoms with Crippen molar-refractivity contribution in [2.45, 2.75) is 39.2 Å². The van der Waals surface area contributed by atoms with E-state index in [1.807, 2.05) is 51.1 Å². The first-order valence-corrected chi connectivity index (χ1v) is 11.1. The van der Waals surface area contributed by atoms with Gasteiger partial charge in [0.2, 0.25) is 5.91 Å². The van der Waals surface area contributed by atoms with E-state index in [0.29, 0.717) is 18.8 Å². The standard InChI is InChI=1S/C26H27FN4O2/c1-4-6-12-21(32)28-24-23(18-13-15-19(27)16-14-18)22-17(3)29-31(20-10-8-7-9-11-20)25(22)30(5-2)26(24)33/h6-16,23-24H,4-5H2,1-3H3,(H,28,32)/b12-6+/t23?,24-/m0/s1. The van der Waals surface area contributed by atoms with Crippen LogP contribution in [0.5, 0.6) is 0 Å². The summed E-state index contributed by atoms with van der Waals surface area (Å²) in [5, 5.41) is 7.67. The summed E-state index contributed by atoms with van der Waals surface area (Å²) < 4.78 is 15.5. The molecule has 0 spiro atoms. The van der Waals surface area contributed by atoms with Crippen LogP contribution in [0, 0.1) is 12.7 Å². The molecule has 4 rings (SSSR count). The van der Waals surface area contributed by atoms with Gasteiger partial charge in [-0.1, -0.05) is 43.3 Å². The molecule has 0 fully saturated rings. The van der Waals surface area contributed by atoms with Crippen LogP contribution in [0.15, 0.2) is 66.7 Å². The fraction of sp³-hybridized carbons (Fsp3) is 0.269. The molecular formula is C26H27FN4O2. The first-order valence-electron chi connectivity index (χ1n) is 11.1. The van der Waals surface area contributed by atoms with Crippen LogP contribution in [0.3, 0.4) is 0 Å². The number of allylic oxidation sites excluding steroid dienone is 1. The number of amides is 2. The normalized spacial score (nSPS) is 17.9. The van der Waals surface area contributed by atoms with Gasteiger partial charge in [0.25, 0.3) is 5.91 Å². The van der Waals surface area contributed by atoms with E-state index in [1.165, 1.54) is 18.2 Å². The van der Waals surface area contributed by atoms with Crippen LogP contribution in [0.1, 0.15) is 43.0 Å². The van der Waals surface area contributed by atoms with E-state index < -0.39 is 12.0 Å². The molecule has 0 radical (unpaired) electrons. The SMILES string of the molecule is CC/C=C/C(=O)N[C@@H]1C(=O)N(CC)c2c(c(C)nn2-c2ccccc2)C1c1ccc(F)cc1. The van der Waals surface area contributed by atoms with Gasteiger partial charge in [-0.05, 0) is 56.2 Å². The first kappa shape index (κ1) is 22.5. The minimum Gasteiger partial charge on any atom is -0.340 e. The maximum atomic E-state index is 13.7. The number of aryl methyl sites for hydroxylation is 1. The monoisotopic (exact) mass is 446 g/mol. The van der Waals surface area contributed by atoms with Crippen molar-refractivity contribution in [3.05, 3.63) is 89.4 Å². The molecule has 33 heavy (non-hydrogen) atoms. The Kier molecular flexibility index (Phi) is 6.40. The molecule has 2 aromatic carbocycles. The van der Waals surface area contributed by atoms with Crippen LogP contribution < -0.4 is 10.2 Å². The Morgan fingerprint density at radius 2 is 1.82 bits per heavy atom. The lowest BCUT2D eigenvalue weighted by Gasteiger charge is -2.38. The van der Waals surface area contributed by atoms with Crippen LogP contribution in [-0.4, -0.2) is 34.2 Å². The third kappa shape index (κ3) is 4.18. The van der Waals surface area contributed by atoms with Gasteiger partial charge in [-0.25, -0.2) is 9.07 Å². The zero-order chi connectivity index (χ0) is 23.5. The molecule has 1 aliphatic heterocycles. The number of fused-ring (bicyclic) bond motifs is 1. The number of carbonyl (C=O) groups excluding carboxylic acids is 2. The number of aromatic nitrogens is 2. The summed E-state index contributed by atoms with van der Waals surface area (Å²) >= 11 is 0. The number of hydrogen-bond donors (Lipinski definition) is 1. The largest absolute Gasteiger partial charge is 0.340 e. The van der Waals surface area contributed by atoms with Crippen molar-refractivity contribution in [3.63, 3.8) is 0 Å². The molecule has 1 aromatic heterocycles. The predicted octanol–water partition coefficient (Wildman–Crippen LogP) is 4.27. The fourth-order valence-electron chi connectivity index (χ4n) is 4.39. The van der Waals surface area contributed by atoms with Gasteiger partial charge in [0, 0.05) is 18.0 Å². The Hall–Kier alpha value is -3.74. The summed E-state index contributed by atoms with van der Waals surface area (Å²) in [6.07, 6.45) is 3.90. The summed E-state index contributed by atoms with van der Waals surface area (Å²) in [5.41, 5.74) is 3.16. The highest BCUT2D eigenvalue weighted by molar-refractivity contribution is 6.04. The Bertz CT molecular complexity index is 1190. The zero-order valence-electron chi connectivity index (χ0n) is 19.0. The molecule has 1 aliphatic rings. The van der Waals surface area contributed by atoms with E-state index in [2.05, 4.69) is 5.32 Å². The van der Waals surface area contributed by atoms with Gasteiger partial charge in [0.15, 0.2) is 0 Å². The number of likely N-dealkylation sites (N-methyl/N-ethyl adjacent to an activating group) is 1. The van der Waals surface area contributed by atoms with Crippen LogP contribution in [0.25, 0.3) is 5.69 Å². The molecule has 2 heterocycles.